The van der Waals surface area contributed by atoms with Crippen LogP contribution in [0.3, 0.4) is 0 Å². The summed E-state index contributed by atoms with van der Waals surface area (Å²) in [5.74, 6) is 0.107. The second kappa shape index (κ2) is 7.88. The zero-order chi connectivity index (χ0) is 13.4. The Morgan fingerprint density at radius 3 is 2.39 bits per heavy atom. The second-order valence-corrected chi connectivity index (χ2v) is 4.64. The maximum absolute atomic E-state index is 11.7. The van der Waals surface area contributed by atoms with Crippen LogP contribution < -0.4 is 11.1 Å². The van der Waals surface area contributed by atoms with E-state index in [0.29, 0.717) is 18.9 Å². The summed E-state index contributed by atoms with van der Waals surface area (Å²) in [5, 5.41) is 3.03. The van der Waals surface area contributed by atoms with Gasteiger partial charge >= 0.3 is 0 Å². The monoisotopic (exact) mass is 248 g/mol. The lowest BCUT2D eigenvalue weighted by Gasteiger charge is -2.16. The third-order valence-corrected chi connectivity index (χ3v) is 3.26. The topological polar surface area (TPSA) is 55.1 Å². The molecule has 18 heavy (non-hydrogen) atoms. The minimum Gasteiger partial charge on any atom is -0.353 e. The Morgan fingerprint density at radius 1 is 1.22 bits per heavy atom. The molecule has 0 spiro atoms. The number of amides is 1. The highest BCUT2D eigenvalue weighted by molar-refractivity contribution is 5.76. The van der Waals surface area contributed by atoms with Crippen LogP contribution >= 0.6 is 0 Å². The smallest absolute Gasteiger partial charge is 0.220 e. The summed E-state index contributed by atoms with van der Waals surface area (Å²) in [5.41, 5.74) is 7.15. The van der Waals surface area contributed by atoms with E-state index in [1.807, 2.05) is 30.3 Å². The van der Waals surface area contributed by atoms with Crippen molar-refractivity contribution in [3.63, 3.8) is 0 Å². The molecule has 1 atom stereocenters. The number of carbonyl (C=O) groups is 1. The van der Waals surface area contributed by atoms with E-state index in [1.165, 1.54) is 0 Å². The van der Waals surface area contributed by atoms with Gasteiger partial charge in [-0.3, -0.25) is 4.79 Å². The lowest BCUT2D eigenvalue weighted by atomic mass is 10.0. The van der Waals surface area contributed by atoms with Crippen LogP contribution in [0.1, 0.15) is 51.1 Å². The molecule has 100 valence electrons. The molecule has 0 aromatic heterocycles. The molecular formula is C15H24N2O. The molecule has 0 aliphatic rings. The summed E-state index contributed by atoms with van der Waals surface area (Å²) in [6, 6.07) is 10.2. The number of nitrogens with two attached hydrogens (primary N) is 1. The van der Waals surface area contributed by atoms with Crippen LogP contribution in [0.5, 0.6) is 0 Å². The third-order valence-electron chi connectivity index (χ3n) is 3.26. The maximum Gasteiger partial charge on any atom is 0.220 e. The lowest BCUT2D eigenvalue weighted by molar-refractivity contribution is -0.122. The quantitative estimate of drug-likeness (QED) is 0.779. The molecule has 0 saturated carbocycles. The summed E-state index contributed by atoms with van der Waals surface area (Å²) < 4.78 is 0. The highest BCUT2D eigenvalue weighted by Crippen LogP contribution is 2.15. The summed E-state index contributed by atoms with van der Waals surface area (Å²) in [4.78, 5) is 11.7. The van der Waals surface area contributed by atoms with Crippen molar-refractivity contribution in [3.05, 3.63) is 35.9 Å². The third kappa shape index (κ3) is 4.88. The van der Waals surface area contributed by atoms with E-state index in [2.05, 4.69) is 19.2 Å². The van der Waals surface area contributed by atoms with Gasteiger partial charge < -0.3 is 11.1 Å². The predicted octanol–water partition coefficient (Wildman–Crippen LogP) is 2.77. The molecule has 1 rings (SSSR count). The number of hydrogen-bond donors (Lipinski definition) is 2. The van der Waals surface area contributed by atoms with E-state index >= 15 is 0 Å². The number of rotatable bonds is 7. The van der Waals surface area contributed by atoms with Crippen molar-refractivity contribution in [2.45, 2.75) is 51.6 Å². The standard InChI is InChI=1S/C15H24N2O/c1-3-13(4-2)17-15(18)11-10-14(16)12-8-6-5-7-9-12/h5-9,13-14H,3-4,10-11,16H2,1-2H3,(H,17,18). The van der Waals surface area contributed by atoms with Gasteiger partial charge in [0.05, 0.1) is 0 Å². The summed E-state index contributed by atoms with van der Waals surface area (Å²) in [6.07, 6.45) is 3.14. The average molecular weight is 248 g/mol. The fourth-order valence-electron chi connectivity index (χ4n) is 1.95. The van der Waals surface area contributed by atoms with Gasteiger partial charge in [-0.05, 0) is 24.8 Å². The van der Waals surface area contributed by atoms with Gasteiger partial charge in [0.25, 0.3) is 0 Å². The van der Waals surface area contributed by atoms with Crippen LogP contribution in [0.4, 0.5) is 0 Å². The van der Waals surface area contributed by atoms with Crippen LogP contribution in [-0.2, 0) is 4.79 Å². The van der Waals surface area contributed by atoms with Crippen molar-refractivity contribution in [1.29, 1.82) is 0 Å². The molecule has 0 radical (unpaired) electrons. The summed E-state index contributed by atoms with van der Waals surface area (Å²) in [6.45, 7) is 4.17. The van der Waals surface area contributed by atoms with Crippen LogP contribution in [0.25, 0.3) is 0 Å². The summed E-state index contributed by atoms with van der Waals surface area (Å²) >= 11 is 0. The van der Waals surface area contributed by atoms with E-state index in [9.17, 15) is 4.79 Å². The molecule has 3 nitrogen and oxygen atoms in total. The van der Waals surface area contributed by atoms with Crippen LogP contribution in [-0.4, -0.2) is 11.9 Å². The van der Waals surface area contributed by atoms with Gasteiger partial charge in [-0.15, -0.1) is 0 Å². The first-order valence-corrected chi connectivity index (χ1v) is 6.77. The van der Waals surface area contributed by atoms with Gasteiger partial charge in [0, 0.05) is 18.5 Å². The minimum atomic E-state index is -0.0568. The van der Waals surface area contributed by atoms with Gasteiger partial charge in [0.2, 0.25) is 5.91 Å². The molecule has 0 heterocycles. The Hall–Kier alpha value is -1.35. The van der Waals surface area contributed by atoms with E-state index < -0.39 is 0 Å². The maximum atomic E-state index is 11.7. The Morgan fingerprint density at radius 2 is 1.83 bits per heavy atom. The normalized spacial score (nSPS) is 12.4. The van der Waals surface area contributed by atoms with E-state index in [0.717, 1.165) is 18.4 Å². The SMILES string of the molecule is CCC(CC)NC(=O)CCC(N)c1ccccc1. The van der Waals surface area contributed by atoms with Crippen molar-refractivity contribution < 1.29 is 4.79 Å². The second-order valence-electron chi connectivity index (χ2n) is 4.64. The fourth-order valence-corrected chi connectivity index (χ4v) is 1.95. The Bertz CT molecular complexity index is 347. The van der Waals surface area contributed by atoms with Gasteiger partial charge in [0.15, 0.2) is 0 Å². The van der Waals surface area contributed by atoms with Crippen molar-refractivity contribution in [2.24, 2.45) is 5.73 Å². The molecule has 1 unspecified atom stereocenters. The van der Waals surface area contributed by atoms with Gasteiger partial charge in [-0.2, -0.15) is 0 Å². The molecule has 3 heteroatoms. The number of carbonyl (C=O) groups excluding carboxylic acids is 1. The lowest BCUT2D eigenvalue weighted by Crippen LogP contribution is -2.34. The van der Waals surface area contributed by atoms with Crippen molar-refractivity contribution in [3.8, 4) is 0 Å². The van der Waals surface area contributed by atoms with Gasteiger partial charge in [-0.1, -0.05) is 44.2 Å². The molecule has 0 aliphatic carbocycles. The van der Waals surface area contributed by atoms with Crippen LogP contribution in [0, 0.1) is 0 Å². The Balaban J connectivity index is 2.34. The zero-order valence-electron chi connectivity index (χ0n) is 11.4. The molecule has 0 aliphatic heterocycles. The number of hydrogen-bond acceptors (Lipinski definition) is 2. The highest BCUT2D eigenvalue weighted by Gasteiger charge is 2.11. The first-order chi connectivity index (χ1) is 8.67. The van der Waals surface area contributed by atoms with E-state index in [1.54, 1.807) is 0 Å². The fraction of sp³-hybridized carbons (Fsp3) is 0.533. The molecule has 3 N–H and O–H groups in total. The van der Waals surface area contributed by atoms with Crippen molar-refractivity contribution >= 4 is 5.91 Å². The van der Waals surface area contributed by atoms with Gasteiger partial charge in [0.1, 0.15) is 0 Å². The Labute approximate surface area is 110 Å². The molecular weight excluding hydrogens is 224 g/mol. The van der Waals surface area contributed by atoms with Crippen molar-refractivity contribution in [2.75, 3.05) is 0 Å². The molecule has 0 bridgehead atoms. The molecule has 0 fully saturated rings. The molecule has 1 aromatic carbocycles. The van der Waals surface area contributed by atoms with Crippen LogP contribution in [0.15, 0.2) is 30.3 Å². The minimum absolute atomic E-state index is 0.0568. The van der Waals surface area contributed by atoms with E-state index in [4.69, 9.17) is 5.73 Å². The summed E-state index contributed by atoms with van der Waals surface area (Å²) in [7, 11) is 0. The largest absolute Gasteiger partial charge is 0.353 e. The van der Waals surface area contributed by atoms with Crippen LogP contribution in [0.2, 0.25) is 0 Å². The first-order valence-electron chi connectivity index (χ1n) is 6.77. The highest BCUT2D eigenvalue weighted by atomic mass is 16.1. The van der Waals surface area contributed by atoms with Crippen molar-refractivity contribution in [1.82, 2.24) is 5.32 Å². The number of benzene rings is 1. The average Bonchev–Trinajstić information content (AvgIpc) is 2.43. The van der Waals surface area contributed by atoms with E-state index in [-0.39, 0.29) is 11.9 Å². The molecule has 1 aromatic rings. The first kappa shape index (κ1) is 14.7. The zero-order valence-corrected chi connectivity index (χ0v) is 11.4. The predicted molar refractivity (Wildman–Crippen MR) is 75.1 cm³/mol. The molecule has 0 saturated heterocycles. The number of nitrogens with one attached hydrogen (secondary N) is 1. The molecule has 1 amide bonds. The van der Waals surface area contributed by atoms with Gasteiger partial charge in [-0.25, -0.2) is 0 Å². The Kier molecular flexibility index (Phi) is 6.44.